The molecule has 0 unspecified atom stereocenters. The zero-order valence-corrected chi connectivity index (χ0v) is 11.8. The third-order valence-electron chi connectivity index (χ3n) is 2.40. The van der Waals surface area contributed by atoms with Crippen molar-refractivity contribution in [2.24, 2.45) is 0 Å². The molecule has 0 spiro atoms. The minimum atomic E-state index is -0.534. The van der Waals surface area contributed by atoms with Crippen LogP contribution in [0.5, 0.6) is 0 Å². The molecule has 1 N–H and O–H groups in total. The fourth-order valence-electron chi connectivity index (χ4n) is 1.48. The molecule has 6 heteroatoms. The van der Waals surface area contributed by atoms with Gasteiger partial charge in [0.1, 0.15) is 11.6 Å². The summed E-state index contributed by atoms with van der Waals surface area (Å²) in [7, 11) is 0. The molecule has 1 rings (SSSR count). The summed E-state index contributed by atoms with van der Waals surface area (Å²) < 4.78 is 0. The highest BCUT2D eigenvalue weighted by atomic mass is 16.7. The summed E-state index contributed by atoms with van der Waals surface area (Å²) in [5.74, 6) is -0.775. The molecule has 6 nitrogen and oxygen atoms in total. The highest BCUT2D eigenvalue weighted by Crippen LogP contribution is 2.13. The van der Waals surface area contributed by atoms with Crippen LogP contribution in [0.3, 0.4) is 0 Å². The molecule has 0 radical (unpaired) electrons. The van der Waals surface area contributed by atoms with E-state index >= 15 is 0 Å². The first kappa shape index (κ1) is 17.3. The van der Waals surface area contributed by atoms with E-state index in [1.807, 2.05) is 13.8 Å². The number of Topliss-reactive ketones (excluding diaryl/α,β-unsaturated/α-hetero) is 1. The first-order valence-corrected chi connectivity index (χ1v) is 6.61. The van der Waals surface area contributed by atoms with Crippen molar-refractivity contribution in [3.63, 3.8) is 0 Å². The molecule has 1 aliphatic heterocycles. The van der Waals surface area contributed by atoms with E-state index in [1.54, 1.807) is 0 Å². The lowest BCUT2D eigenvalue weighted by molar-refractivity contribution is -0.180. The van der Waals surface area contributed by atoms with E-state index in [0.29, 0.717) is 25.7 Å². The maximum Gasteiger partial charge on any atom is 0.333 e. The quantitative estimate of drug-likeness (QED) is 0.749. The topological polar surface area (TPSA) is 87.5 Å². The Morgan fingerprint density at radius 2 is 1.79 bits per heavy atom. The highest BCUT2D eigenvalue weighted by molar-refractivity contribution is 6.02. The first-order chi connectivity index (χ1) is 9.00. The first-order valence-electron chi connectivity index (χ1n) is 6.61. The lowest BCUT2D eigenvalue weighted by Crippen LogP contribution is -2.31. The van der Waals surface area contributed by atoms with Crippen molar-refractivity contribution in [2.75, 3.05) is 0 Å². The van der Waals surface area contributed by atoms with Gasteiger partial charge in [0.2, 0.25) is 0 Å². The number of unbranched alkanes of at least 4 members (excludes halogenated alkanes) is 1. The largest absolute Gasteiger partial charge is 0.333 e. The van der Waals surface area contributed by atoms with E-state index in [1.165, 1.54) is 6.92 Å². The molecular weight excluding hydrogens is 248 g/mol. The van der Waals surface area contributed by atoms with Crippen LogP contribution in [0.25, 0.3) is 0 Å². The Bertz CT molecular complexity index is 337. The van der Waals surface area contributed by atoms with Gasteiger partial charge in [-0.2, -0.15) is 0 Å². The van der Waals surface area contributed by atoms with Gasteiger partial charge in [0.25, 0.3) is 5.91 Å². The standard InChI is InChI=1S/C11H16N2O4.C2H6/c1-8(14)4-2-3-5-11(16)17-13-9(12)6-7-10(13)15;1-2/h12H,2-7H2,1H3;1-2H3. The smallest absolute Gasteiger partial charge is 0.332 e. The molecule has 0 atom stereocenters. The molecule has 1 saturated heterocycles. The van der Waals surface area contributed by atoms with Gasteiger partial charge in [-0.05, 0) is 19.8 Å². The van der Waals surface area contributed by atoms with Crippen molar-refractivity contribution in [1.29, 1.82) is 5.41 Å². The van der Waals surface area contributed by atoms with E-state index in [2.05, 4.69) is 0 Å². The second-order valence-corrected chi connectivity index (χ2v) is 4.01. The summed E-state index contributed by atoms with van der Waals surface area (Å²) in [6.07, 6.45) is 2.33. The van der Waals surface area contributed by atoms with E-state index < -0.39 is 5.97 Å². The van der Waals surface area contributed by atoms with Gasteiger partial charge >= 0.3 is 5.97 Å². The molecule has 19 heavy (non-hydrogen) atoms. The second kappa shape index (κ2) is 9.24. The number of rotatable bonds is 6. The minimum absolute atomic E-state index is 0.0204. The number of carbonyl (C=O) groups is 3. The molecule has 0 saturated carbocycles. The molecule has 0 aromatic rings. The summed E-state index contributed by atoms with van der Waals surface area (Å²) in [6.45, 7) is 5.50. The monoisotopic (exact) mass is 270 g/mol. The van der Waals surface area contributed by atoms with Gasteiger partial charge in [-0.25, -0.2) is 4.79 Å². The zero-order valence-electron chi connectivity index (χ0n) is 11.8. The summed E-state index contributed by atoms with van der Waals surface area (Å²) in [4.78, 5) is 38.0. The molecule has 108 valence electrons. The second-order valence-electron chi connectivity index (χ2n) is 4.01. The van der Waals surface area contributed by atoms with Crippen molar-refractivity contribution < 1.29 is 19.2 Å². The number of hydrogen-bond acceptors (Lipinski definition) is 5. The summed E-state index contributed by atoms with van der Waals surface area (Å²) in [5, 5.41) is 8.14. The number of hydrogen-bond donors (Lipinski definition) is 1. The molecule has 0 aliphatic carbocycles. The van der Waals surface area contributed by atoms with Crippen molar-refractivity contribution in [3.8, 4) is 0 Å². The SMILES string of the molecule is CC.CC(=O)CCCCC(=O)ON1C(=N)CCC1=O. The van der Waals surface area contributed by atoms with Crippen molar-refractivity contribution in [3.05, 3.63) is 0 Å². The lowest BCUT2D eigenvalue weighted by atomic mass is 10.1. The summed E-state index contributed by atoms with van der Waals surface area (Å²) in [5.41, 5.74) is 0. The van der Waals surface area contributed by atoms with Crippen LogP contribution in [0.2, 0.25) is 0 Å². The van der Waals surface area contributed by atoms with E-state index in [9.17, 15) is 14.4 Å². The Kier molecular flexibility index (Phi) is 8.41. The third-order valence-corrected chi connectivity index (χ3v) is 2.40. The number of hydroxylamine groups is 2. The fourth-order valence-corrected chi connectivity index (χ4v) is 1.48. The average molecular weight is 270 g/mol. The number of nitrogens with one attached hydrogen (secondary N) is 1. The van der Waals surface area contributed by atoms with Gasteiger partial charge in [-0.3, -0.25) is 10.2 Å². The van der Waals surface area contributed by atoms with Gasteiger partial charge in [-0.15, -0.1) is 5.06 Å². The van der Waals surface area contributed by atoms with Crippen LogP contribution >= 0.6 is 0 Å². The third kappa shape index (κ3) is 6.69. The predicted molar refractivity (Wildman–Crippen MR) is 70.4 cm³/mol. The summed E-state index contributed by atoms with van der Waals surface area (Å²) >= 11 is 0. The normalized spacial score (nSPS) is 13.9. The van der Waals surface area contributed by atoms with Crippen molar-refractivity contribution >= 4 is 23.5 Å². The van der Waals surface area contributed by atoms with Gasteiger partial charge < -0.3 is 9.63 Å². The van der Waals surface area contributed by atoms with E-state index in [4.69, 9.17) is 10.2 Å². The number of carbonyl (C=O) groups excluding carboxylic acids is 3. The molecule has 1 aliphatic rings. The van der Waals surface area contributed by atoms with Gasteiger partial charge in [-0.1, -0.05) is 13.8 Å². The van der Waals surface area contributed by atoms with Crippen molar-refractivity contribution in [1.82, 2.24) is 5.06 Å². The van der Waals surface area contributed by atoms with Crippen LogP contribution in [0.15, 0.2) is 0 Å². The Hall–Kier alpha value is -1.72. The maximum atomic E-state index is 11.3. The Labute approximate surface area is 113 Å². The van der Waals surface area contributed by atoms with Crippen LogP contribution in [-0.2, 0) is 19.2 Å². The Morgan fingerprint density at radius 1 is 1.21 bits per heavy atom. The Morgan fingerprint density at radius 3 is 2.26 bits per heavy atom. The van der Waals surface area contributed by atoms with E-state index in [0.717, 1.165) is 5.06 Å². The number of ketones is 1. The zero-order chi connectivity index (χ0) is 14.8. The molecule has 1 amide bonds. The highest BCUT2D eigenvalue weighted by Gasteiger charge is 2.29. The average Bonchev–Trinajstić information content (AvgIpc) is 2.69. The molecule has 0 aromatic heterocycles. The fraction of sp³-hybridized carbons (Fsp3) is 0.692. The van der Waals surface area contributed by atoms with E-state index in [-0.39, 0.29) is 30.4 Å². The van der Waals surface area contributed by atoms with Crippen LogP contribution in [-0.4, -0.2) is 28.6 Å². The van der Waals surface area contributed by atoms with Crippen LogP contribution in [0.4, 0.5) is 0 Å². The molecule has 1 fully saturated rings. The predicted octanol–water partition coefficient (Wildman–Crippen LogP) is 2.22. The van der Waals surface area contributed by atoms with Crippen molar-refractivity contribution in [2.45, 2.75) is 59.3 Å². The van der Waals surface area contributed by atoms with Gasteiger partial charge in [0.05, 0.1) is 0 Å². The number of amidine groups is 1. The van der Waals surface area contributed by atoms with Crippen LogP contribution in [0.1, 0.15) is 59.3 Å². The number of amides is 1. The minimum Gasteiger partial charge on any atom is -0.332 e. The molecule has 1 heterocycles. The van der Waals surface area contributed by atoms with Gasteiger partial charge in [0.15, 0.2) is 0 Å². The molecule has 0 aromatic carbocycles. The molecular formula is C13H22N2O4. The maximum absolute atomic E-state index is 11.3. The Balaban J connectivity index is 0.00000154. The molecule has 0 bridgehead atoms. The van der Waals surface area contributed by atoms with Crippen LogP contribution < -0.4 is 0 Å². The lowest BCUT2D eigenvalue weighted by Gasteiger charge is -2.14. The van der Waals surface area contributed by atoms with Gasteiger partial charge in [0, 0.05) is 25.7 Å². The van der Waals surface area contributed by atoms with Crippen LogP contribution in [0, 0.1) is 5.41 Å². The number of nitrogens with zero attached hydrogens (tertiary/aromatic N) is 1. The summed E-state index contributed by atoms with van der Waals surface area (Å²) in [6, 6.07) is 0.